The van der Waals surface area contributed by atoms with E-state index < -0.39 is 0 Å². The van der Waals surface area contributed by atoms with E-state index in [1.165, 1.54) is 6.20 Å². The van der Waals surface area contributed by atoms with Gasteiger partial charge in [-0.1, -0.05) is 24.8 Å². The Morgan fingerprint density at radius 2 is 1.90 bits per heavy atom. The van der Waals surface area contributed by atoms with Crippen molar-refractivity contribution in [1.82, 2.24) is 0 Å². The molecule has 0 saturated heterocycles. The molecule has 0 aliphatic heterocycles. The fourth-order valence-corrected chi connectivity index (χ4v) is 0.686. The van der Waals surface area contributed by atoms with Crippen molar-refractivity contribution in [3.8, 4) is 0 Å². The maximum atomic E-state index is 9.04. The molecule has 0 radical (unpaired) electrons. The predicted octanol–water partition coefficient (Wildman–Crippen LogP) is 2.03. The molecule has 2 nitrogen and oxygen atoms in total. The summed E-state index contributed by atoms with van der Waals surface area (Å²) in [7, 11) is 0. The van der Waals surface area contributed by atoms with Crippen molar-refractivity contribution in [1.29, 1.82) is 0 Å². The Balaban J connectivity index is 2.84. The van der Waals surface area contributed by atoms with E-state index >= 15 is 0 Å². The normalized spacial score (nSPS) is 8.90. The van der Waals surface area contributed by atoms with Crippen LogP contribution in [0.2, 0.25) is 0 Å². The van der Waals surface area contributed by atoms with Crippen LogP contribution in [0.5, 0.6) is 0 Å². The van der Waals surface area contributed by atoms with Gasteiger partial charge in [0, 0.05) is 6.20 Å². The fraction of sp³-hybridized carbons (Fsp3) is 0. The summed E-state index contributed by atoms with van der Waals surface area (Å²) in [5.74, 6) is 0. The number of nitrogens with zero attached hydrogens (tertiary/aromatic N) is 1. The van der Waals surface area contributed by atoms with Crippen LogP contribution in [0.4, 0.5) is 5.69 Å². The van der Waals surface area contributed by atoms with E-state index in [4.69, 9.17) is 5.21 Å². The van der Waals surface area contributed by atoms with Crippen LogP contribution in [0.25, 0.3) is 0 Å². The van der Waals surface area contributed by atoms with E-state index in [2.05, 4.69) is 6.58 Å². The Labute approximate surface area is 60.0 Å². The average molecular weight is 135 g/mol. The molecular weight excluding hydrogens is 126 g/mol. The summed E-state index contributed by atoms with van der Waals surface area (Å²) in [5, 5.41) is 10.0. The lowest BCUT2D eigenvalue weighted by Crippen LogP contribution is -2.07. The molecule has 10 heavy (non-hydrogen) atoms. The van der Waals surface area contributed by atoms with Crippen molar-refractivity contribution in [3.05, 3.63) is 43.1 Å². The topological polar surface area (TPSA) is 23.5 Å². The van der Waals surface area contributed by atoms with E-state index in [1.54, 1.807) is 12.1 Å². The average Bonchev–Trinajstić information content (AvgIpc) is 2.05. The van der Waals surface area contributed by atoms with Gasteiger partial charge in [-0.2, -0.15) is 0 Å². The first-order valence-corrected chi connectivity index (χ1v) is 3.00. The van der Waals surface area contributed by atoms with Gasteiger partial charge in [0.15, 0.2) is 0 Å². The third kappa shape index (κ3) is 1.36. The Morgan fingerprint density at radius 3 is 2.40 bits per heavy atom. The maximum Gasteiger partial charge on any atom is 0.0685 e. The smallest absolute Gasteiger partial charge is 0.0685 e. The zero-order chi connectivity index (χ0) is 7.40. The minimum Gasteiger partial charge on any atom is -0.284 e. The fourth-order valence-electron chi connectivity index (χ4n) is 0.686. The molecular formula is C8H9NO. The maximum absolute atomic E-state index is 9.04. The Bertz CT molecular complexity index is 208. The van der Waals surface area contributed by atoms with Crippen LogP contribution in [0, 0.1) is 0 Å². The lowest BCUT2D eigenvalue weighted by atomic mass is 10.3. The molecule has 0 bridgehead atoms. The van der Waals surface area contributed by atoms with Gasteiger partial charge in [0.2, 0.25) is 0 Å². The summed E-state index contributed by atoms with van der Waals surface area (Å²) in [4.78, 5) is 0. The number of hydroxylamine groups is 1. The van der Waals surface area contributed by atoms with Crippen LogP contribution in [0.3, 0.4) is 0 Å². The van der Waals surface area contributed by atoms with E-state index in [1.807, 2.05) is 18.2 Å². The SMILES string of the molecule is C=CN(O)c1ccccc1. The predicted molar refractivity (Wildman–Crippen MR) is 40.9 cm³/mol. The third-order valence-corrected chi connectivity index (χ3v) is 1.19. The largest absolute Gasteiger partial charge is 0.284 e. The quantitative estimate of drug-likeness (QED) is 0.627. The van der Waals surface area contributed by atoms with Gasteiger partial charge in [-0.25, -0.2) is 5.06 Å². The molecule has 0 spiro atoms. The molecule has 1 aromatic carbocycles. The number of hydrogen-bond donors (Lipinski definition) is 1. The number of benzene rings is 1. The van der Waals surface area contributed by atoms with Crippen molar-refractivity contribution < 1.29 is 5.21 Å². The molecule has 0 atom stereocenters. The third-order valence-electron chi connectivity index (χ3n) is 1.19. The monoisotopic (exact) mass is 135 g/mol. The molecule has 0 aromatic heterocycles. The van der Waals surface area contributed by atoms with Gasteiger partial charge in [-0.05, 0) is 12.1 Å². The first-order chi connectivity index (χ1) is 4.84. The summed E-state index contributed by atoms with van der Waals surface area (Å²) in [5.41, 5.74) is 0.720. The number of rotatable bonds is 2. The zero-order valence-corrected chi connectivity index (χ0v) is 5.57. The lowest BCUT2D eigenvalue weighted by Gasteiger charge is -2.09. The van der Waals surface area contributed by atoms with Crippen LogP contribution in [-0.2, 0) is 0 Å². The summed E-state index contributed by atoms with van der Waals surface area (Å²) in [6, 6.07) is 9.17. The van der Waals surface area contributed by atoms with Crippen molar-refractivity contribution in [2.24, 2.45) is 0 Å². The van der Waals surface area contributed by atoms with Crippen LogP contribution < -0.4 is 5.06 Å². The summed E-state index contributed by atoms with van der Waals surface area (Å²) in [6.45, 7) is 3.41. The summed E-state index contributed by atoms with van der Waals surface area (Å²) < 4.78 is 0. The molecule has 0 aliphatic carbocycles. The molecule has 0 saturated carbocycles. The minimum absolute atomic E-state index is 0.720. The molecule has 2 heteroatoms. The molecule has 52 valence electrons. The Hall–Kier alpha value is -1.28. The van der Waals surface area contributed by atoms with Gasteiger partial charge in [0.1, 0.15) is 0 Å². The molecule has 0 heterocycles. The second-order valence-corrected chi connectivity index (χ2v) is 1.86. The standard InChI is InChI=1S/C8H9NO/c1-2-9(10)8-6-4-3-5-7-8/h2-7,10H,1H2. The highest BCUT2D eigenvalue weighted by Crippen LogP contribution is 2.09. The molecule has 0 aliphatic rings. The highest BCUT2D eigenvalue weighted by atomic mass is 16.5. The van der Waals surface area contributed by atoms with Gasteiger partial charge in [0.25, 0.3) is 0 Å². The summed E-state index contributed by atoms with van der Waals surface area (Å²) >= 11 is 0. The van der Waals surface area contributed by atoms with Gasteiger partial charge >= 0.3 is 0 Å². The van der Waals surface area contributed by atoms with Crippen LogP contribution in [0.1, 0.15) is 0 Å². The first kappa shape index (κ1) is 6.83. The minimum atomic E-state index is 0.720. The Kier molecular flexibility index (Phi) is 2.07. The van der Waals surface area contributed by atoms with E-state index in [0.29, 0.717) is 0 Å². The Morgan fingerprint density at radius 1 is 1.30 bits per heavy atom. The molecule has 1 N–H and O–H groups in total. The molecule has 0 fully saturated rings. The van der Waals surface area contributed by atoms with Crippen LogP contribution >= 0.6 is 0 Å². The van der Waals surface area contributed by atoms with Crippen molar-refractivity contribution in [2.75, 3.05) is 5.06 Å². The van der Waals surface area contributed by atoms with Crippen LogP contribution in [-0.4, -0.2) is 5.21 Å². The lowest BCUT2D eigenvalue weighted by molar-refractivity contribution is 0.296. The number of anilines is 1. The first-order valence-electron chi connectivity index (χ1n) is 3.00. The van der Waals surface area contributed by atoms with Gasteiger partial charge in [-0.3, -0.25) is 5.21 Å². The van der Waals surface area contributed by atoms with E-state index in [0.717, 1.165) is 10.8 Å². The highest BCUT2D eigenvalue weighted by molar-refractivity contribution is 5.44. The molecule has 1 aromatic rings. The van der Waals surface area contributed by atoms with Crippen molar-refractivity contribution in [3.63, 3.8) is 0 Å². The van der Waals surface area contributed by atoms with Gasteiger partial charge in [0.05, 0.1) is 5.69 Å². The second-order valence-electron chi connectivity index (χ2n) is 1.86. The van der Waals surface area contributed by atoms with Gasteiger partial charge in [-0.15, -0.1) is 0 Å². The van der Waals surface area contributed by atoms with E-state index in [-0.39, 0.29) is 0 Å². The zero-order valence-electron chi connectivity index (χ0n) is 5.57. The summed E-state index contributed by atoms with van der Waals surface area (Å²) in [6.07, 6.45) is 1.34. The number of hydrogen-bond acceptors (Lipinski definition) is 2. The van der Waals surface area contributed by atoms with Gasteiger partial charge < -0.3 is 0 Å². The molecule has 1 rings (SSSR count). The molecule has 0 unspecified atom stereocenters. The number of para-hydroxylation sites is 1. The highest BCUT2D eigenvalue weighted by Gasteiger charge is 1.92. The molecule has 0 amide bonds. The van der Waals surface area contributed by atoms with Crippen LogP contribution in [0.15, 0.2) is 43.1 Å². The van der Waals surface area contributed by atoms with E-state index in [9.17, 15) is 0 Å². The van der Waals surface area contributed by atoms with Crippen molar-refractivity contribution >= 4 is 5.69 Å². The second kappa shape index (κ2) is 3.03. The van der Waals surface area contributed by atoms with Crippen molar-refractivity contribution in [2.45, 2.75) is 0 Å².